The van der Waals surface area contributed by atoms with E-state index in [1.165, 1.54) is 205 Å². The van der Waals surface area contributed by atoms with Crippen LogP contribution >= 0.6 is 22.7 Å². The molecule has 2 heterocycles. The van der Waals surface area contributed by atoms with Gasteiger partial charge in [-0.05, 0) is 222 Å². The monoisotopic (exact) mass is 1710 g/mol. The zero-order chi connectivity index (χ0) is 87.4. The van der Waals surface area contributed by atoms with E-state index in [0.29, 0.717) is 0 Å². The molecule has 25 aromatic rings. The number of rotatable bonds is 16. The van der Waals surface area contributed by atoms with Crippen molar-refractivity contribution in [3.05, 3.63) is 510 Å². The first-order chi connectivity index (χ1) is 65.4. The second kappa shape index (κ2) is 34.2. The highest BCUT2D eigenvalue weighted by Crippen LogP contribution is 2.51. The molecule has 2 nitrogen and oxygen atoms in total. The first-order valence-corrected chi connectivity index (χ1v) is 46.9. The second-order valence-corrected chi connectivity index (χ2v) is 36.1. The van der Waals surface area contributed by atoms with Crippen LogP contribution in [0.4, 0.5) is 34.1 Å². The number of fused-ring (bicyclic) bond motifs is 13. The van der Waals surface area contributed by atoms with Gasteiger partial charge in [0, 0.05) is 79.4 Å². The molecule has 4 heteroatoms. The molecule has 2 aromatic heterocycles. The lowest BCUT2D eigenvalue weighted by molar-refractivity contribution is 1.30. The largest absolute Gasteiger partial charge is 0.310 e. The molecule has 132 heavy (non-hydrogen) atoms. The van der Waals surface area contributed by atoms with Gasteiger partial charge in [-0.15, -0.1) is 22.7 Å². The Labute approximate surface area is 775 Å². The van der Waals surface area contributed by atoms with Crippen molar-refractivity contribution in [3.8, 4) is 111 Å². The summed E-state index contributed by atoms with van der Waals surface area (Å²) < 4.78 is 5.32. The minimum absolute atomic E-state index is 1.11. The van der Waals surface area contributed by atoms with E-state index in [4.69, 9.17) is 0 Å². The average molecular weight is 1710 g/mol. The summed E-state index contributed by atoms with van der Waals surface area (Å²) in [5.41, 5.74) is 31.2. The number of nitrogens with zero attached hydrogens (tertiary/aromatic N) is 2. The molecule has 0 amide bonds. The molecule has 0 saturated carbocycles. The lowest BCUT2D eigenvalue weighted by Gasteiger charge is -2.28. The first-order valence-electron chi connectivity index (χ1n) is 45.2. The lowest BCUT2D eigenvalue weighted by atomic mass is 9.95. The first kappa shape index (κ1) is 78.8. The van der Waals surface area contributed by atoms with E-state index in [1.54, 1.807) is 0 Å². The topological polar surface area (TPSA) is 6.48 Å². The quantitative estimate of drug-likeness (QED) is 0.0890. The SMILES string of the molecule is c1ccc(-c2ccc(N(c3ccc(-c4ccc(-c5cccc(-c6cccc7c6sc6c(-c8cccc9ccccc89)cccc67)c5)cc4)cc3)c3cc4ccccc4c4ccccc34)cc2)cc1.c1ccc(-c2ccc(N(c3ccc(-c4ccc(-c5cccc(-c6cccc7c6sc6c(-c8ccccc8)cccc67)c5)cc4)cc3)c3cc4ccccc4c4ccccc34)cc2)cc1. The van der Waals surface area contributed by atoms with Crippen molar-refractivity contribution >= 4 is 151 Å². The fourth-order valence-corrected chi connectivity index (χ4v) is 22.6. The van der Waals surface area contributed by atoms with Crippen LogP contribution in [0.5, 0.6) is 0 Å². The third-order valence-corrected chi connectivity index (χ3v) is 28.9. The number of hydrogen-bond acceptors (Lipinski definition) is 4. The highest BCUT2D eigenvalue weighted by Gasteiger charge is 2.24. The molecule has 23 aromatic carbocycles. The van der Waals surface area contributed by atoms with Crippen molar-refractivity contribution in [1.82, 2.24) is 0 Å². The van der Waals surface area contributed by atoms with Crippen molar-refractivity contribution in [2.45, 2.75) is 0 Å². The zero-order valence-corrected chi connectivity index (χ0v) is 73.8. The van der Waals surface area contributed by atoms with Gasteiger partial charge in [-0.2, -0.15) is 0 Å². The predicted molar refractivity (Wildman–Crippen MR) is 570 cm³/mol. The van der Waals surface area contributed by atoms with E-state index >= 15 is 0 Å². The van der Waals surface area contributed by atoms with Gasteiger partial charge in [-0.1, -0.05) is 437 Å². The molecule has 25 rings (SSSR count). The van der Waals surface area contributed by atoms with Crippen molar-refractivity contribution < 1.29 is 0 Å². The molecule has 618 valence electrons. The Kier molecular flexibility index (Phi) is 20.4. The van der Waals surface area contributed by atoms with Gasteiger partial charge in [-0.3, -0.25) is 0 Å². The van der Waals surface area contributed by atoms with E-state index in [2.05, 4.69) is 519 Å². The van der Waals surface area contributed by atoms with Crippen LogP contribution in [0, 0.1) is 0 Å². The molecular formula is C128H84N2S2. The molecule has 0 radical (unpaired) electrons. The van der Waals surface area contributed by atoms with Crippen molar-refractivity contribution in [2.75, 3.05) is 9.80 Å². The molecule has 0 saturated heterocycles. The standard InChI is InChI=1S/C66H43NS.C62H41NS/c1-2-14-44(15-3-1)46-34-38-53(39-35-46)67(64-43-52-17-5-7-22-56(52)58-23-8-9-24-60(58)64)54-40-36-47(37-41-54)45-30-32-48(33-31-45)50-19-10-20-51(42-50)57-25-12-28-62-63-29-13-27-61(66(63)68-65(57)62)59-26-11-18-49-16-4-6-21-55(49)59;1-3-14-42(15-4-1)44-32-36-51(37-33-44)63(60-41-50-18-7-8-21-53(50)56-22-9-10-23-57(56)60)52-38-34-45(35-39-52)43-28-30-46(31-29-43)48-19-11-20-49(40-48)55-25-13-27-59-58-26-12-24-54(61(58)64-62(55)59)47-16-5-2-6-17-47/h1-43H;1-41H. The Morgan fingerprint density at radius 2 is 0.348 bits per heavy atom. The van der Waals surface area contributed by atoms with E-state index in [1.807, 2.05) is 22.7 Å². The van der Waals surface area contributed by atoms with Crippen LogP contribution in [0.3, 0.4) is 0 Å². The Morgan fingerprint density at radius 1 is 0.121 bits per heavy atom. The summed E-state index contributed by atoms with van der Waals surface area (Å²) in [4.78, 5) is 4.82. The van der Waals surface area contributed by atoms with Crippen molar-refractivity contribution in [2.24, 2.45) is 0 Å². The van der Waals surface area contributed by atoms with E-state index in [9.17, 15) is 0 Å². The highest BCUT2D eigenvalue weighted by molar-refractivity contribution is 7.27. The minimum atomic E-state index is 1.11. The van der Waals surface area contributed by atoms with Gasteiger partial charge in [0.15, 0.2) is 0 Å². The summed E-state index contributed by atoms with van der Waals surface area (Å²) in [6, 6.07) is 186. The molecule has 0 bridgehead atoms. The van der Waals surface area contributed by atoms with Crippen LogP contribution in [0.2, 0.25) is 0 Å². The fraction of sp³-hybridized carbons (Fsp3) is 0. The minimum Gasteiger partial charge on any atom is -0.310 e. The van der Waals surface area contributed by atoms with Crippen LogP contribution < -0.4 is 9.80 Å². The number of anilines is 6. The summed E-state index contributed by atoms with van der Waals surface area (Å²) in [5.74, 6) is 0. The van der Waals surface area contributed by atoms with Crippen LogP contribution in [0.15, 0.2) is 510 Å². The summed E-state index contributed by atoms with van der Waals surface area (Å²) in [6.45, 7) is 0. The Hall–Kier alpha value is -16.6. The molecule has 0 fully saturated rings. The van der Waals surface area contributed by atoms with Crippen LogP contribution in [0.1, 0.15) is 0 Å². The summed E-state index contributed by atoms with van der Waals surface area (Å²) in [6.07, 6.45) is 0. The van der Waals surface area contributed by atoms with Gasteiger partial charge in [-0.25, -0.2) is 0 Å². The van der Waals surface area contributed by atoms with Crippen LogP contribution in [0.25, 0.3) is 205 Å². The maximum Gasteiger partial charge on any atom is 0.0546 e. The fourth-order valence-electron chi connectivity index (χ4n) is 19.8. The smallest absolute Gasteiger partial charge is 0.0546 e. The van der Waals surface area contributed by atoms with Crippen LogP contribution in [-0.2, 0) is 0 Å². The van der Waals surface area contributed by atoms with Gasteiger partial charge < -0.3 is 9.80 Å². The zero-order valence-electron chi connectivity index (χ0n) is 72.2. The van der Waals surface area contributed by atoms with Gasteiger partial charge in [0.2, 0.25) is 0 Å². The van der Waals surface area contributed by atoms with Crippen LogP contribution in [-0.4, -0.2) is 0 Å². The maximum atomic E-state index is 2.41. The summed E-state index contributed by atoms with van der Waals surface area (Å²) in [7, 11) is 0. The Morgan fingerprint density at radius 3 is 0.727 bits per heavy atom. The summed E-state index contributed by atoms with van der Waals surface area (Å²) in [5, 5.41) is 17.7. The van der Waals surface area contributed by atoms with Crippen molar-refractivity contribution in [3.63, 3.8) is 0 Å². The highest BCUT2D eigenvalue weighted by atomic mass is 32.1. The average Bonchev–Trinajstić information content (AvgIpc) is 0.977. The van der Waals surface area contributed by atoms with Gasteiger partial charge in [0.1, 0.15) is 0 Å². The normalized spacial score (nSPS) is 11.5. The van der Waals surface area contributed by atoms with E-state index in [0.717, 1.165) is 34.1 Å². The van der Waals surface area contributed by atoms with Gasteiger partial charge in [0.05, 0.1) is 11.4 Å². The lowest BCUT2D eigenvalue weighted by Crippen LogP contribution is -2.10. The third kappa shape index (κ3) is 14.7. The Bertz CT molecular complexity index is 8640. The van der Waals surface area contributed by atoms with E-state index < -0.39 is 0 Å². The molecular weight excluding hydrogens is 1630 g/mol. The molecule has 0 unspecified atom stereocenters. The molecule has 0 aliphatic carbocycles. The molecule has 0 N–H and O–H groups in total. The Balaban J connectivity index is 0.000000146. The number of benzene rings is 23. The third-order valence-electron chi connectivity index (χ3n) is 26.4. The molecule has 0 spiro atoms. The molecule has 0 atom stereocenters. The number of thiophene rings is 2. The molecule has 0 aliphatic heterocycles. The van der Waals surface area contributed by atoms with Crippen molar-refractivity contribution in [1.29, 1.82) is 0 Å². The molecule has 0 aliphatic rings. The van der Waals surface area contributed by atoms with Gasteiger partial charge in [0.25, 0.3) is 0 Å². The number of hydrogen-bond donors (Lipinski definition) is 0. The van der Waals surface area contributed by atoms with Gasteiger partial charge >= 0.3 is 0 Å². The predicted octanol–water partition coefficient (Wildman–Crippen LogP) is 37.5. The maximum absolute atomic E-state index is 2.41. The second-order valence-electron chi connectivity index (χ2n) is 34.1. The summed E-state index contributed by atoms with van der Waals surface area (Å²) >= 11 is 3.81. The van der Waals surface area contributed by atoms with E-state index in [-0.39, 0.29) is 0 Å².